The molecule has 1 atom stereocenters. The Balaban J connectivity index is 1.58. The van der Waals surface area contributed by atoms with E-state index in [9.17, 15) is 9.90 Å². The maximum absolute atomic E-state index is 12.3. The van der Waals surface area contributed by atoms with Crippen LogP contribution in [0.3, 0.4) is 0 Å². The second kappa shape index (κ2) is 7.60. The summed E-state index contributed by atoms with van der Waals surface area (Å²) >= 11 is 0. The van der Waals surface area contributed by atoms with Crippen molar-refractivity contribution in [3.8, 4) is 0 Å². The summed E-state index contributed by atoms with van der Waals surface area (Å²) in [5.41, 5.74) is -0.630. The Hall–Kier alpha value is -2.48. The SMILES string of the molecule is CCCn1ccc(C(=O)NC[C@@]2(O)CCCN(c3ncccn3)C2)n1. The minimum Gasteiger partial charge on any atom is -0.386 e. The molecule has 0 aromatic carbocycles. The molecule has 0 saturated carbocycles. The number of anilines is 1. The van der Waals surface area contributed by atoms with E-state index < -0.39 is 5.60 Å². The maximum atomic E-state index is 12.3. The molecule has 3 heterocycles. The number of rotatable bonds is 6. The van der Waals surface area contributed by atoms with Crippen LogP contribution >= 0.6 is 0 Å². The van der Waals surface area contributed by atoms with Crippen LogP contribution in [0.2, 0.25) is 0 Å². The summed E-state index contributed by atoms with van der Waals surface area (Å²) in [4.78, 5) is 22.7. The predicted molar refractivity (Wildman–Crippen MR) is 93.3 cm³/mol. The first-order valence-corrected chi connectivity index (χ1v) is 8.66. The Morgan fingerprint density at radius 3 is 2.96 bits per heavy atom. The smallest absolute Gasteiger partial charge is 0.271 e. The lowest BCUT2D eigenvalue weighted by Gasteiger charge is -2.39. The second-order valence-electron chi connectivity index (χ2n) is 6.44. The number of aryl methyl sites for hydroxylation is 1. The summed E-state index contributed by atoms with van der Waals surface area (Å²) in [6.45, 7) is 4.20. The fourth-order valence-corrected chi connectivity index (χ4v) is 3.05. The predicted octanol–water partition coefficient (Wildman–Crippen LogP) is 0.844. The molecule has 0 unspecified atom stereocenters. The minimum absolute atomic E-state index is 0.176. The molecule has 134 valence electrons. The Labute approximate surface area is 146 Å². The highest BCUT2D eigenvalue weighted by atomic mass is 16.3. The third kappa shape index (κ3) is 4.33. The zero-order chi connectivity index (χ0) is 17.7. The molecule has 8 nitrogen and oxygen atoms in total. The number of aliphatic hydroxyl groups is 1. The standard InChI is InChI=1S/C17H24N6O2/c1-2-9-23-11-5-14(21-23)15(24)20-12-17(25)6-3-10-22(13-17)16-18-7-4-8-19-16/h4-5,7-8,11,25H,2-3,6,9-10,12-13H2,1H3,(H,20,24)/t17-/m0/s1. The normalized spacial score (nSPS) is 20.5. The van der Waals surface area contributed by atoms with Crippen molar-refractivity contribution in [2.24, 2.45) is 0 Å². The largest absolute Gasteiger partial charge is 0.386 e. The van der Waals surface area contributed by atoms with Gasteiger partial charge in [0.2, 0.25) is 5.95 Å². The van der Waals surface area contributed by atoms with Gasteiger partial charge in [0.1, 0.15) is 5.69 Å². The molecule has 2 aromatic heterocycles. The molecule has 1 saturated heterocycles. The first-order valence-electron chi connectivity index (χ1n) is 8.66. The van der Waals surface area contributed by atoms with Crippen LogP contribution in [0.4, 0.5) is 5.95 Å². The summed E-state index contributed by atoms with van der Waals surface area (Å²) in [6, 6.07) is 3.46. The van der Waals surface area contributed by atoms with Crippen LogP contribution in [0.5, 0.6) is 0 Å². The van der Waals surface area contributed by atoms with Gasteiger partial charge < -0.3 is 15.3 Å². The first-order chi connectivity index (χ1) is 12.1. The summed E-state index contributed by atoms with van der Waals surface area (Å²) in [7, 11) is 0. The van der Waals surface area contributed by atoms with Crippen molar-refractivity contribution in [1.82, 2.24) is 25.1 Å². The average molecular weight is 344 g/mol. The van der Waals surface area contributed by atoms with Gasteiger partial charge in [-0.3, -0.25) is 9.48 Å². The lowest BCUT2D eigenvalue weighted by Crippen LogP contribution is -2.54. The lowest BCUT2D eigenvalue weighted by atomic mass is 9.93. The molecule has 25 heavy (non-hydrogen) atoms. The van der Waals surface area contributed by atoms with E-state index in [-0.39, 0.29) is 12.5 Å². The van der Waals surface area contributed by atoms with Crippen LogP contribution in [-0.2, 0) is 6.54 Å². The van der Waals surface area contributed by atoms with Gasteiger partial charge in [0.05, 0.1) is 12.1 Å². The summed E-state index contributed by atoms with van der Waals surface area (Å²) < 4.78 is 1.75. The molecule has 1 fully saturated rings. The number of piperidine rings is 1. The third-order valence-electron chi connectivity index (χ3n) is 4.29. The number of hydrogen-bond acceptors (Lipinski definition) is 6. The number of carbonyl (C=O) groups is 1. The molecule has 0 aliphatic carbocycles. The van der Waals surface area contributed by atoms with Gasteiger partial charge in [0.25, 0.3) is 5.91 Å². The van der Waals surface area contributed by atoms with Crippen molar-refractivity contribution < 1.29 is 9.90 Å². The van der Waals surface area contributed by atoms with E-state index in [2.05, 4.69) is 27.3 Å². The van der Waals surface area contributed by atoms with Gasteiger partial charge in [-0.05, 0) is 31.4 Å². The van der Waals surface area contributed by atoms with Gasteiger partial charge in [-0.15, -0.1) is 0 Å². The van der Waals surface area contributed by atoms with Gasteiger partial charge in [-0.2, -0.15) is 5.10 Å². The monoisotopic (exact) mass is 344 g/mol. The number of nitrogens with one attached hydrogen (secondary N) is 1. The van der Waals surface area contributed by atoms with Gasteiger partial charge in [-0.25, -0.2) is 9.97 Å². The molecule has 8 heteroatoms. The summed E-state index contributed by atoms with van der Waals surface area (Å²) in [6.07, 6.45) is 7.56. The van der Waals surface area contributed by atoms with Crippen molar-refractivity contribution in [3.63, 3.8) is 0 Å². The molecule has 1 aliphatic rings. The molecule has 3 rings (SSSR count). The van der Waals surface area contributed by atoms with E-state index in [0.717, 1.165) is 25.9 Å². The van der Waals surface area contributed by atoms with Crippen molar-refractivity contribution >= 4 is 11.9 Å². The molecule has 0 spiro atoms. The number of amides is 1. The first kappa shape index (κ1) is 17.3. The van der Waals surface area contributed by atoms with Gasteiger partial charge in [0, 0.05) is 38.2 Å². The van der Waals surface area contributed by atoms with Crippen LogP contribution in [0.15, 0.2) is 30.7 Å². The van der Waals surface area contributed by atoms with Crippen molar-refractivity contribution in [2.75, 3.05) is 24.5 Å². The number of carbonyl (C=O) groups excluding carboxylic acids is 1. The van der Waals surface area contributed by atoms with E-state index in [0.29, 0.717) is 24.6 Å². The average Bonchev–Trinajstić information content (AvgIpc) is 3.10. The van der Waals surface area contributed by atoms with Crippen molar-refractivity contribution in [3.05, 3.63) is 36.4 Å². The Bertz CT molecular complexity index is 704. The summed E-state index contributed by atoms with van der Waals surface area (Å²) in [5, 5.41) is 17.9. The van der Waals surface area contributed by atoms with Gasteiger partial charge >= 0.3 is 0 Å². The molecule has 0 bridgehead atoms. The van der Waals surface area contributed by atoms with Gasteiger partial charge in [-0.1, -0.05) is 6.92 Å². The van der Waals surface area contributed by atoms with Crippen molar-refractivity contribution in [1.29, 1.82) is 0 Å². The van der Waals surface area contributed by atoms with E-state index in [1.807, 2.05) is 4.90 Å². The van der Waals surface area contributed by atoms with Crippen LogP contribution < -0.4 is 10.2 Å². The molecule has 1 amide bonds. The van der Waals surface area contributed by atoms with E-state index >= 15 is 0 Å². The van der Waals surface area contributed by atoms with E-state index in [1.165, 1.54) is 0 Å². The Kier molecular flexibility index (Phi) is 5.28. The summed E-state index contributed by atoms with van der Waals surface area (Å²) in [5.74, 6) is 0.335. The zero-order valence-electron chi connectivity index (χ0n) is 14.4. The topological polar surface area (TPSA) is 96.2 Å². The highest BCUT2D eigenvalue weighted by Gasteiger charge is 2.34. The third-order valence-corrected chi connectivity index (χ3v) is 4.29. The number of β-amino-alcohol motifs (C(OH)–C–C–N with tert-alkyl or cyclic N) is 1. The van der Waals surface area contributed by atoms with E-state index in [1.54, 1.807) is 35.4 Å². The quantitative estimate of drug-likeness (QED) is 0.806. The highest BCUT2D eigenvalue weighted by molar-refractivity contribution is 5.92. The molecule has 0 radical (unpaired) electrons. The van der Waals surface area contributed by atoms with Crippen LogP contribution in [0, 0.1) is 0 Å². The maximum Gasteiger partial charge on any atom is 0.271 e. The molecular formula is C17H24N6O2. The minimum atomic E-state index is -1.00. The zero-order valence-corrected chi connectivity index (χ0v) is 14.4. The number of aromatic nitrogens is 4. The molecule has 2 N–H and O–H groups in total. The Morgan fingerprint density at radius 1 is 1.40 bits per heavy atom. The Morgan fingerprint density at radius 2 is 2.20 bits per heavy atom. The van der Waals surface area contributed by atoms with Crippen LogP contribution in [0.1, 0.15) is 36.7 Å². The van der Waals surface area contributed by atoms with Crippen molar-refractivity contribution in [2.45, 2.75) is 38.3 Å². The molecule has 1 aliphatic heterocycles. The fraction of sp³-hybridized carbons (Fsp3) is 0.529. The second-order valence-corrected chi connectivity index (χ2v) is 6.44. The lowest BCUT2D eigenvalue weighted by molar-refractivity contribution is 0.0251. The van der Waals surface area contributed by atoms with Crippen LogP contribution in [0.25, 0.3) is 0 Å². The highest BCUT2D eigenvalue weighted by Crippen LogP contribution is 2.23. The fourth-order valence-electron chi connectivity index (χ4n) is 3.05. The van der Waals surface area contributed by atoms with E-state index in [4.69, 9.17) is 0 Å². The molecule has 2 aromatic rings. The number of nitrogens with zero attached hydrogens (tertiary/aromatic N) is 5. The van der Waals surface area contributed by atoms with Crippen LogP contribution in [-0.4, -0.2) is 56.0 Å². The number of hydrogen-bond donors (Lipinski definition) is 2. The molecular weight excluding hydrogens is 320 g/mol. The van der Waals surface area contributed by atoms with Gasteiger partial charge in [0.15, 0.2) is 0 Å².